The highest BCUT2D eigenvalue weighted by Gasteiger charge is 2.34. The van der Waals surface area contributed by atoms with Crippen molar-refractivity contribution in [3.63, 3.8) is 0 Å². The number of fused-ring (bicyclic) bond motifs is 1. The van der Waals surface area contributed by atoms with Crippen LogP contribution in [0.15, 0.2) is 116 Å². The first-order valence-corrected chi connectivity index (χ1v) is 17.6. The molecule has 4 atom stereocenters. The molecule has 276 valence electrons. The maximum absolute atomic E-state index is 14.1. The number of benzene rings is 4. The van der Waals surface area contributed by atoms with Gasteiger partial charge in [0.1, 0.15) is 25.3 Å². The van der Waals surface area contributed by atoms with Crippen LogP contribution >= 0.6 is 0 Å². The average molecular weight is 720 g/mol. The van der Waals surface area contributed by atoms with Crippen molar-refractivity contribution in [1.29, 1.82) is 0 Å². The van der Waals surface area contributed by atoms with Gasteiger partial charge in [-0.2, -0.15) is 0 Å². The van der Waals surface area contributed by atoms with Crippen LogP contribution in [0.2, 0.25) is 0 Å². The van der Waals surface area contributed by atoms with Gasteiger partial charge in [0.05, 0.1) is 18.1 Å². The summed E-state index contributed by atoms with van der Waals surface area (Å²) in [5, 5.41) is 21.2. The minimum atomic E-state index is -1.67. The van der Waals surface area contributed by atoms with Crippen LogP contribution in [0.1, 0.15) is 42.7 Å². The fraction of sp³-hybridized carbons (Fsp3) is 0.293. The smallest absolute Gasteiger partial charge is 0.408 e. The van der Waals surface area contributed by atoms with Crippen molar-refractivity contribution in [3.8, 4) is 0 Å². The molecule has 0 saturated heterocycles. The van der Waals surface area contributed by atoms with Crippen LogP contribution in [0, 0.1) is 5.92 Å². The summed E-state index contributed by atoms with van der Waals surface area (Å²) in [6.07, 6.45) is 0.877. The highest BCUT2D eigenvalue weighted by molar-refractivity contribution is 5.93. The fourth-order valence-electron chi connectivity index (χ4n) is 5.94. The molecule has 0 bridgehead atoms. The number of hydrogen-bond donors (Lipinski definition) is 5. The van der Waals surface area contributed by atoms with Crippen molar-refractivity contribution in [2.45, 2.75) is 70.6 Å². The topological polar surface area (TPSA) is 172 Å². The molecule has 0 aliphatic rings. The summed E-state index contributed by atoms with van der Waals surface area (Å²) in [7, 11) is 0. The van der Waals surface area contributed by atoms with Gasteiger partial charge in [-0.05, 0) is 39.8 Å². The van der Waals surface area contributed by atoms with Crippen LogP contribution in [0.4, 0.5) is 4.79 Å². The Morgan fingerprint density at radius 1 is 0.717 bits per heavy atom. The van der Waals surface area contributed by atoms with Crippen molar-refractivity contribution in [2.24, 2.45) is 5.92 Å². The number of hydrogen-bond acceptors (Lipinski definition) is 8. The van der Waals surface area contributed by atoms with Gasteiger partial charge in [0, 0.05) is 19.0 Å². The lowest BCUT2D eigenvalue weighted by Crippen LogP contribution is -2.58. The predicted molar refractivity (Wildman–Crippen MR) is 199 cm³/mol. The number of aliphatic hydroxyl groups is 1. The van der Waals surface area contributed by atoms with E-state index in [1.165, 1.54) is 6.33 Å². The van der Waals surface area contributed by atoms with Crippen LogP contribution in [-0.4, -0.2) is 63.2 Å². The van der Waals surface area contributed by atoms with Gasteiger partial charge in [-0.1, -0.05) is 117 Å². The second-order valence-electron chi connectivity index (χ2n) is 13.2. The lowest BCUT2D eigenvalue weighted by atomic mass is 9.97. The number of aliphatic hydroxyl groups excluding tert-OH is 1. The lowest BCUT2D eigenvalue weighted by Gasteiger charge is -2.28. The first kappa shape index (κ1) is 38.2. The second kappa shape index (κ2) is 19.0. The molecular formula is C41H45N5O7. The summed E-state index contributed by atoms with van der Waals surface area (Å²) in [6, 6.07) is 28.2. The Kier molecular flexibility index (Phi) is 13.7. The fourth-order valence-corrected chi connectivity index (χ4v) is 5.94. The molecule has 3 amide bonds. The van der Waals surface area contributed by atoms with E-state index in [9.17, 15) is 24.3 Å². The Labute approximate surface area is 308 Å². The van der Waals surface area contributed by atoms with Crippen LogP contribution < -0.4 is 16.0 Å². The SMILES string of the molecule is CC(C)C[C@H](NC(=O)[C@@H](Cc1c[nH]cn1)NC(=O)[C@H](Cc1cccc2ccccc12)NC(=O)OCc1ccccc1)[C@H](O)C(=O)OCc1ccccc1. The molecule has 0 saturated carbocycles. The molecule has 5 aromatic rings. The zero-order valence-corrected chi connectivity index (χ0v) is 29.7. The predicted octanol–water partition coefficient (Wildman–Crippen LogP) is 4.76. The van der Waals surface area contributed by atoms with Crippen LogP contribution in [0.5, 0.6) is 0 Å². The summed E-state index contributed by atoms with van der Waals surface area (Å²) >= 11 is 0. The maximum atomic E-state index is 14.1. The number of alkyl carbamates (subject to hydrolysis) is 1. The molecule has 0 radical (unpaired) electrons. The molecule has 0 aliphatic carbocycles. The van der Waals surface area contributed by atoms with E-state index in [-0.39, 0.29) is 38.4 Å². The van der Waals surface area contributed by atoms with Gasteiger partial charge in [-0.15, -0.1) is 0 Å². The van der Waals surface area contributed by atoms with E-state index in [0.29, 0.717) is 5.69 Å². The van der Waals surface area contributed by atoms with Gasteiger partial charge in [-0.25, -0.2) is 14.6 Å². The molecule has 0 aliphatic heterocycles. The van der Waals surface area contributed by atoms with Gasteiger partial charge in [0.15, 0.2) is 6.10 Å². The van der Waals surface area contributed by atoms with Crippen LogP contribution in [0.3, 0.4) is 0 Å². The number of nitrogens with zero attached hydrogens (tertiary/aromatic N) is 1. The third-order valence-corrected chi connectivity index (χ3v) is 8.63. The molecule has 1 aromatic heterocycles. The number of esters is 1. The molecule has 53 heavy (non-hydrogen) atoms. The second-order valence-corrected chi connectivity index (χ2v) is 13.2. The zero-order chi connectivity index (χ0) is 37.6. The number of amides is 3. The van der Waals surface area contributed by atoms with E-state index in [4.69, 9.17) is 9.47 Å². The van der Waals surface area contributed by atoms with E-state index < -0.39 is 48.1 Å². The molecule has 12 heteroatoms. The third-order valence-electron chi connectivity index (χ3n) is 8.63. The number of H-pyrrole nitrogens is 1. The van der Waals surface area contributed by atoms with Gasteiger partial charge in [-0.3, -0.25) is 9.59 Å². The number of aromatic nitrogens is 2. The number of carbonyl (C=O) groups is 4. The normalized spacial score (nSPS) is 13.4. The number of nitrogens with one attached hydrogen (secondary N) is 4. The Balaban J connectivity index is 1.35. The minimum Gasteiger partial charge on any atom is -0.459 e. The summed E-state index contributed by atoms with van der Waals surface area (Å²) in [5.74, 6) is -2.21. The molecule has 0 spiro atoms. The van der Waals surface area contributed by atoms with Crippen LogP contribution in [0.25, 0.3) is 10.8 Å². The Hall–Kier alpha value is -6.01. The van der Waals surface area contributed by atoms with Gasteiger partial charge in [0.2, 0.25) is 11.8 Å². The Morgan fingerprint density at radius 3 is 1.98 bits per heavy atom. The van der Waals surface area contributed by atoms with Crippen molar-refractivity contribution >= 4 is 34.6 Å². The van der Waals surface area contributed by atoms with E-state index in [1.54, 1.807) is 18.3 Å². The van der Waals surface area contributed by atoms with E-state index in [1.807, 2.05) is 105 Å². The van der Waals surface area contributed by atoms with E-state index >= 15 is 0 Å². The molecular weight excluding hydrogens is 674 g/mol. The molecule has 1 heterocycles. The van der Waals surface area contributed by atoms with Gasteiger partial charge in [0.25, 0.3) is 0 Å². The first-order valence-electron chi connectivity index (χ1n) is 17.6. The first-order chi connectivity index (χ1) is 25.7. The quantitative estimate of drug-likeness (QED) is 0.0857. The van der Waals surface area contributed by atoms with E-state index in [0.717, 1.165) is 27.5 Å². The molecule has 0 fully saturated rings. The molecule has 5 rings (SSSR count). The van der Waals surface area contributed by atoms with Crippen LogP contribution in [-0.2, 0) is 49.9 Å². The minimum absolute atomic E-state index is 0.00712. The number of ether oxygens (including phenoxy) is 2. The zero-order valence-electron chi connectivity index (χ0n) is 29.7. The number of aromatic amines is 1. The highest BCUT2D eigenvalue weighted by atomic mass is 16.6. The third kappa shape index (κ3) is 11.5. The maximum Gasteiger partial charge on any atom is 0.408 e. The standard InChI is InChI=1S/C41H45N5O7/c1-27(2)20-34(37(47)40(50)52-24-28-12-5-3-6-13-28)44-39(49)36(22-32-23-42-26-43-32)45-38(48)35(46-41(51)53-25-29-14-7-4-8-15-29)21-31-18-11-17-30-16-9-10-19-33(30)31/h3-19,23,26-27,34-37,47H,20-22,24-25H2,1-2H3,(H,42,43)(H,44,49)(H,45,48)(H,46,51)/t34-,35-,36+,37-/m0/s1. The number of rotatable bonds is 17. The molecule has 4 aromatic carbocycles. The van der Waals surface area contributed by atoms with Gasteiger partial charge >= 0.3 is 12.1 Å². The Bertz CT molecular complexity index is 1930. The lowest BCUT2D eigenvalue weighted by molar-refractivity contribution is -0.157. The summed E-state index contributed by atoms with van der Waals surface area (Å²) in [4.78, 5) is 61.3. The summed E-state index contributed by atoms with van der Waals surface area (Å²) < 4.78 is 10.8. The molecule has 0 unspecified atom stereocenters. The average Bonchev–Trinajstić information content (AvgIpc) is 3.69. The van der Waals surface area contributed by atoms with Crippen molar-refractivity contribution in [1.82, 2.24) is 25.9 Å². The largest absolute Gasteiger partial charge is 0.459 e. The van der Waals surface area contributed by atoms with Crippen molar-refractivity contribution in [2.75, 3.05) is 0 Å². The molecule has 5 N–H and O–H groups in total. The monoisotopic (exact) mass is 719 g/mol. The summed E-state index contributed by atoms with van der Waals surface area (Å²) in [5.41, 5.74) is 2.80. The number of carbonyl (C=O) groups excluding carboxylic acids is 4. The Morgan fingerprint density at radius 2 is 1.32 bits per heavy atom. The van der Waals surface area contributed by atoms with Crippen molar-refractivity contribution < 1.29 is 33.8 Å². The number of imidazole rings is 1. The van der Waals surface area contributed by atoms with Gasteiger partial charge < -0.3 is 35.5 Å². The summed E-state index contributed by atoms with van der Waals surface area (Å²) in [6.45, 7) is 3.73. The van der Waals surface area contributed by atoms with Crippen molar-refractivity contribution in [3.05, 3.63) is 138 Å². The highest BCUT2D eigenvalue weighted by Crippen LogP contribution is 2.20. The van der Waals surface area contributed by atoms with E-state index in [2.05, 4.69) is 25.9 Å². The molecule has 12 nitrogen and oxygen atoms in total.